The number of carbonyl (C=O) groups excluding carboxylic acids is 1. The minimum Gasteiger partial charge on any atom is -0.330 e. The van der Waals surface area contributed by atoms with E-state index in [-0.39, 0.29) is 11.2 Å². The third kappa shape index (κ3) is 5.82. The van der Waals surface area contributed by atoms with E-state index in [1.807, 2.05) is 4.68 Å². The summed E-state index contributed by atoms with van der Waals surface area (Å²) in [7, 11) is 0. The molecular weight excluding hydrogens is 252 g/mol. The molecule has 0 aliphatic rings. The molecule has 0 aliphatic carbocycles. The van der Waals surface area contributed by atoms with Crippen LogP contribution in [0.1, 0.15) is 52.8 Å². The van der Waals surface area contributed by atoms with Crippen molar-refractivity contribution < 1.29 is 4.79 Å². The monoisotopic (exact) mass is 280 g/mol. The van der Waals surface area contributed by atoms with E-state index >= 15 is 0 Å². The summed E-state index contributed by atoms with van der Waals surface area (Å²) in [6.07, 6.45) is 4.32. The fraction of sp³-hybridized carbons (Fsp3) is 0.800. The highest BCUT2D eigenvalue weighted by atomic mass is 16.1. The summed E-state index contributed by atoms with van der Waals surface area (Å²) in [6.45, 7) is 10.1. The van der Waals surface area contributed by atoms with E-state index in [4.69, 9.17) is 5.73 Å². The highest BCUT2D eigenvalue weighted by molar-refractivity contribution is 5.80. The van der Waals surface area contributed by atoms with Crippen LogP contribution in [-0.2, 0) is 17.8 Å². The smallest absolute Gasteiger partial charge is 0.140 e. The quantitative estimate of drug-likeness (QED) is 0.752. The van der Waals surface area contributed by atoms with Gasteiger partial charge in [0, 0.05) is 13.0 Å². The first-order chi connectivity index (χ1) is 9.34. The van der Waals surface area contributed by atoms with Crippen molar-refractivity contribution in [3.8, 4) is 0 Å². The molecule has 0 saturated heterocycles. The minimum atomic E-state index is 0.135. The molecule has 0 aliphatic heterocycles. The van der Waals surface area contributed by atoms with Crippen LogP contribution in [0.3, 0.4) is 0 Å². The van der Waals surface area contributed by atoms with Gasteiger partial charge in [0.25, 0.3) is 0 Å². The molecule has 2 N–H and O–H groups in total. The van der Waals surface area contributed by atoms with E-state index in [0.29, 0.717) is 25.3 Å². The standard InChI is InChI=1S/C15H28N4O/c1-12(2)10-19-14(17-11-18-19)9-13(20)5-6-15(3,4)7-8-16/h11-12H,5-10,16H2,1-4H3. The molecule has 1 aromatic rings. The number of Topliss-reactive ketones (excluding diaryl/α,β-unsaturated/α-hetero) is 1. The molecular formula is C15H28N4O. The lowest BCUT2D eigenvalue weighted by Crippen LogP contribution is -2.20. The molecule has 1 rings (SSSR count). The molecule has 0 saturated carbocycles. The summed E-state index contributed by atoms with van der Waals surface area (Å²) in [6, 6.07) is 0. The van der Waals surface area contributed by atoms with Gasteiger partial charge in [-0.2, -0.15) is 5.10 Å². The average molecular weight is 280 g/mol. The first kappa shape index (κ1) is 16.8. The summed E-state index contributed by atoms with van der Waals surface area (Å²) in [5, 5.41) is 4.18. The maximum Gasteiger partial charge on any atom is 0.140 e. The van der Waals surface area contributed by atoms with Gasteiger partial charge in [0.2, 0.25) is 0 Å². The molecule has 5 nitrogen and oxygen atoms in total. The highest BCUT2D eigenvalue weighted by Gasteiger charge is 2.19. The Hall–Kier alpha value is -1.23. The fourth-order valence-corrected chi connectivity index (χ4v) is 2.18. The molecule has 1 heterocycles. The van der Waals surface area contributed by atoms with Gasteiger partial charge >= 0.3 is 0 Å². The van der Waals surface area contributed by atoms with Gasteiger partial charge in [-0.05, 0) is 30.7 Å². The van der Waals surface area contributed by atoms with Gasteiger partial charge in [-0.3, -0.25) is 4.79 Å². The first-order valence-corrected chi connectivity index (χ1v) is 7.42. The second-order valence-corrected chi connectivity index (χ2v) is 6.67. The lowest BCUT2D eigenvalue weighted by Gasteiger charge is -2.23. The largest absolute Gasteiger partial charge is 0.330 e. The summed E-state index contributed by atoms with van der Waals surface area (Å²) in [4.78, 5) is 16.3. The van der Waals surface area contributed by atoms with Crippen LogP contribution in [0.5, 0.6) is 0 Å². The van der Waals surface area contributed by atoms with E-state index in [1.165, 1.54) is 6.33 Å². The highest BCUT2D eigenvalue weighted by Crippen LogP contribution is 2.26. The van der Waals surface area contributed by atoms with Crippen LogP contribution < -0.4 is 5.73 Å². The van der Waals surface area contributed by atoms with E-state index in [2.05, 4.69) is 37.8 Å². The third-order valence-corrected chi connectivity index (χ3v) is 3.49. The minimum absolute atomic E-state index is 0.135. The zero-order valence-corrected chi connectivity index (χ0v) is 13.2. The molecule has 114 valence electrons. The SMILES string of the molecule is CC(C)Cn1ncnc1CC(=O)CCC(C)(C)CCN. The van der Waals surface area contributed by atoms with Crippen molar-refractivity contribution in [2.24, 2.45) is 17.1 Å². The van der Waals surface area contributed by atoms with Gasteiger partial charge in [0.05, 0.1) is 6.42 Å². The molecule has 5 heteroatoms. The molecule has 0 atom stereocenters. The Morgan fingerprint density at radius 3 is 2.70 bits per heavy atom. The normalized spacial score (nSPS) is 12.1. The molecule has 0 aromatic carbocycles. The van der Waals surface area contributed by atoms with Crippen LogP contribution in [0, 0.1) is 11.3 Å². The summed E-state index contributed by atoms with van der Waals surface area (Å²) < 4.78 is 1.84. The van der Waals surface area contributed by atoms with Crippen LogP contribution in [-0.4, -0.2) is 27.1 Å². The Labute approximate surface area is 122 Å². The summed E-state index contributed by atoms with van der Waals surface area (Å²) in [5.41, 5.74) is 5.73. The van der Waals surface area contributed by atoms with E-state index in [0.717, 1.165) is 25.2 Å². The number of carbonyl (C=O) groups is 1. The molecule has 0 bridgehead atoms. The van der Waals surface area contributed by atoms with Crippen molar-refractivity contribution in [1.82, 2.24) is 14.8 Å². The van der Waals surface area contributed by atoms with Crippen molar-refractivity contribution >= 4 is 5.78 Å². The summed E-state index contributed by atoms with van der Waals surface area (Å²) >= 11 is 0. The fourth-order valence-electron chi connectivity index (χ4n) is 2.18. The zero-order valence-electron chi connectivity index (χ0n) is 13.2. The van der Waals surface area contributed by atoms with Gasteiger partial charge in [-0.25, -0.2) is 9.67 Å². The number of hydrogen-bond acceptors (Lipinski definition) is 4. The second kappa shape index (κ2) is 7.53. The Morgan fingerprint density at radius 1 is 1.40 bits per heavy atom. The average Bonchev–Trinajstić information content (AvgIpc) is 2.73. The predicted molar refractivity (Wildman–Crippen MR) is 80.3 cm³/mol. The topological polar surface area (TPSA) is 73.8 Å². The van der Waals surface area contributed by atoms with Crippen molar-refractivity contribution in [2.75, 3.05) is 6.54 Å². The molecule has 1 aromatic heterocycles. The molecule has 0 spiro atoms. The molecule has 0 unspecified atom stereocenters. The zero-order chi connectivity index (χ0) is 15.2. The number of nitrogens with zero attached hydrogens (tertiary/aromatic N) is 3. The van der Waals surface area contributed by atoms with Gasteiger partial charge in [0.15, 0.2) is 0 Å². The number of nitrogens with two attached hydrogens (primary N) is 1. The van der Waals surface area contributed by atoms with Crippen molar-refractivity contribution in [1.29, 1.82) is 0 Å². The Bertz CT molecular complexity index is 423. The van der Waals surface area contributed by atoms with Gasteiger partial charge in [-0.15, -0.1) is 0 Å². The molecule has 20 heavy (non-hydrogen) atoms. The van der Waals surface area contributed by atoms with Crippen LogP contribution in [0.15, 0.2) is 6.33 Å². The van der Waals surface area contributed by atoms with Gasteiger partial charge in [0.1, 0.15) is 17.9 Å². The van der Waals surface area contributed by atoms with E-state index in [1.54, 1.807) is 0 Å². The molecule has 0 amide bonds. The number of rotatable bonds is 9. The Kier molecular flexibility index (Phi) is 6.33. The molecule has 0 radical (unpaired) electrons. The van der Waals surface area contributed by atoms with Crippen LogP contribution in [0.4, 0.5) is 0 Å². The van der Waals surface area contributed by atoms with Crippen molar-refractivity contribution in [3.63, 3.8) is 0 Å². The van der Waals surface area contributed by atoms with E-state index < -0.39 is 0 Å². The van der Waals surface area contributed by atoms with Crippen LogP contribution in [0.25, 0.3) is 0 Å². The second-order valence-electron chi connectivity index (χ2n) is 6.67. The number of ketones is 1. The Morgan fingerprint density at radius 2 is 2.10 bits per heavy atom. The molecule has 0 fully saturated rings. The maximum absolute atomic E-state index is 12.1. The summed E-state index contributed by atoms with van der Waals surface area (Å²) in [5.74, 6) is 1.50. The van der Waals surface area contributed by atoms with Crippen molar-refractivity contribution in [2.45, 2.75) is 59.9 Å². The lowest BCUT2D eigenvalue weighted by molar-refractivity contribution is -0.119. The van der Waals surface area contributed by atoms with Gasteiger partial charge in [-0.1, -0.05) is 27.7 Å². The Balaban J connectivity index is 2.49. The predicted octanol–water partition coefficient (Wildman–Crippen LogP) is 2.20. The number of aromatic nitrogens is 3. The van der Waals surface area contributed by atoms with Crippen molar-refractivity contribution in [3.05, 3.63) is 12.2 Å². The van der Waals surface area contributed by atoms with Gasteiger partial charge < -0.3 is 5.73 Å². The van der Waals surface area contributed by atoms with E-state index in [9.17, 15) is 4.79 Å². The number of hydrogen-bond donors (Lipinski definition) is 1. The third-order valence-electron chi connectivity index (χ3n) is 3.49. The maximum atomic E-state index is 12.1. The lowest BCUT2D eigenvalue weighted by atomic mass is 9.83. The first-order valence-electron chi connectivity index (χ1n) is 7.42. The van der Waals surface area contributed by atoms with Crippen LogP contribution >= 0.6 is 0 Å². The van der Waals surface area contributed by atoms with Crippen LogP contribution in [0.2, 0.25) is 0 Å².